The van der Waals surface area contributed by atoms with Crippen molar-refractivity contribution in [1.82, 2.24) is 19.5 Å². The van der Waals surface area contributed by atoms with Crippen LogP contribution in [0.5, 0.6) is 11.5 Å². The molecule has 0 saturated carbocycles. The smallest absolute Gasteiger partial charge is 0.159 e. The molecule has 0 amide bonds. The van der Waals surface area contributed by atoms with Crippen molar-refractivity contribution in [1.29, 1.82) is 0 Å². The van der Waals surface area contributed by atoms with E-state index in [1.165, 1.54) is 0 Å². The highest BCUT2D eigenvalue weighted by Crippen LogP contribution is 2.47. The fourth-order valence-electron chi connectivity index (χ4n) is 6.04. The number of ether oxygens (including phenoxy) is 1. The van der Waals surface area contributed by atoms with Gasteiger partial charge in [-0.3, -0.25) is 9.55 Å². The first-order chi connectivity index (χ1) is 20.8. The molecule has 3 aromatic heterocycles. The zero-order chi connectivity index (χ0) is 27.6. The topological polar surface area (TPSA) is 52.8 Å². The van der Waals surface area contributed by atoms with Crippen molar-refractivity contribution < 1.29 is 4.74 Å². The third kappa shape index (κ3) is 3.40. The molecule has 4 heterocycles. The first-order valence-electron chi connectivity index (χ1n) is 14.0. The number of hydrogen-bond acceptors (Lipinski definition) is 4. The van der Waals surface area contributed by atoms with Gasteiger partial charge in [0.2, 0.25) is 0 Å². The van der Waals surface area contributed by atoms with Crippen molar-refractivity contribution >= 4 is 32.8 Å². The normalized spacial score (nSPS) is 12.0. The summed E-state index contributed by atoms with van der Waals surface area (Å²) in [6, 6.07) is 43.6. The van der Waals surface area contributed by atoms with Crippen LogP contribution in [-0.4, -0.2) is 19.5 Å². The maximum Gasteiger partial charge on any atom is 0.159 e. The molecule has 5 aromatic carbocycles. The van der Waals surface area contributed by atoms with Gasteiger partial charge >= 0.3 is 0 Å². The van der Waals surface area contributed by atoms with Crippen molar-refractivity contribution in [2.75, 3.05) is 0 Å². The minimum absolute atomic E-state index is 0.806. The lowest BCUT2D eigenvalue weighted by atomic mass is 10.00. The summed E-state index contributed by atoms with van der Waals surface area (Å²) in [5, 5.41) is 2.17. The second-order valence-electron chi connectivity index (χ2n) is 10.5. The molecule has 0 spiro atoms. The molecule has 0 fully saturated rings. The monoisotopic (exact) mass is 538 g/mol. The molecule has 0 N–H and O–H groups in total. The van der Waals surface area contributed by atoms with Gasteiger partial charge in [0.25, 0.3) is 0 Å². The number of nitrogens with zero attached hydrogens (tertiary/aromatic N) is 4. The average molecular weight is 539 g/mol. The summed E-state index contributed by atoms with van der Waals surface area (Å²) in [5.74, 6) is 2.53. The minimum Gasteiger partial charge on any atom is -0.452 e. The molecule has 0 atom stereocenters. The van der Waals surface area contributed by atoms with Gasteiger partial charge in [0.1, 0.15) is 11.3 Å². The average Bonchev–Trinajstić information content (AvgIpc) is 3.46. The molecule has 0 bridgehead atoms. The quantitative estimate of drug-likeness (QED) is 0.210. The largest absolute Gasteiger partial charge is 0.452 e. The third-order valence-electron chi connectivity index (χ3n) is 8.04. The Labute approximate surface area is 241 Å². The lowest BCUT2D eigenvalue weighted by Gasteiger charge is -2.23. The van der Waals surface area contributed by atoms with E-state index in [9.17, 15) is 0 Å². The maximum atomic E-state index is 6.61. The molecule has 9 rings (SSSR count). The summed E-state index contributed by atoms with van der Waals surface area (Å²) in [6.07, 6.45) is 1.82. The zero-order valence-electron chi connectivity index (χ0n) is 22.4. The van der Waals surface area contributed by atoms with Crippen molar-refractivity contribution in [2.24, 2.45) is 0 Å². The lowest BCUT2D eigenvalue weighted by Crippen LogP contribution is -2.06. The highest BCUT2D eigenvalue weighted by Gasteiger charge is 2.27. The van der Waals surface area contributed by atoms with Crippen LogP contribution in [0.2, 0.25) is 0 Å². The fourth-order valence-corrected chi connectivity index (χ4v) is 6.04. The molecule has 42 heavy (non-hydrogen) atoms. The minimum atomic E-state index is 0.806. The molecule has 8 aromatic rings. The first kappa shape index (κ1) is 22.9. The van der Waals surface area contributed by atoms with Crippen LogP contribution in [0.4, 0.5) is 0 Å². The summed E-state index contributed by atoms with van der Waals surface area (Å²) < 4.78 is 8.84. The standard InChI is InChI=1S/C37H22N4O/c1-2-7-27(8-3-1)37-40-30-11-5-13-32-35(30)41(37)31-12-4-10-28(36(31)42-32)23-14-16-24(17-15-23)29-21-20-26-19-18-25-9-6-22-38-33(25)34(26)39-29/h1-22H. The van der Waals surface area contributed by atoms with E-state index in [2.05, 4.69) is 94.5 Å². The Morgan fingerprint density at radius 3 is 2.21 bits per heavy atom. The summed E-state index contributed by atoms with van der Waals surface area (Å²) in [5.41, 5.74) is 9.84. The van der Waals surface area contributed by atoms with Crippen molar-refractivity contribution in [3.63, 3.8) is 0 Å². The van der Waals surface area contributed by atoms with Crippen LogP contribution in [0.3, 0.4) is 0 Å². The number of hydrogen-bond donors (Lipinski definition) is 0. The number of para-hydroxylation sites is 2. The number of aromatic nitrogens is 4. The molecule has 0 saturated heterocycles. The zero-order valence-corrected chi connectivity index (χ0v) is 22.4. The molecule has 5 nitrogen and oxygen atoms in total. The number of pyridine rings is 2. The van der Waals surface area contributed by atoms with Gasteiger partial charge in [0.05, 0.1) is 27.9 Å². The fraction of sp³-hybridized carbons (Fsp3) is 0. The number of fused-ring (bicyclic) bond motifs is 5. The lowest BCUT2D eigenvalue weighted by molar-refractivity contribution is 0.477. The molecular formula is C37H22N4O. The van der Waals surface area contributed by atoms with Crippen molar-refractivity contribution in [3.05, 3.63) is 134 Å². The van der Waals surface area contributed by atoms with Gasteiger partial charge in [0, 0.05) is 33.7 Å². The van der Waals surface area contributed by atoms with Crippen molar-refractivity contribution in [2.45, 2.75) is 0 Å². The Kier molecular flexibility index (Phi) is 4.83. The van der Waals surface area contributed by atoms with Gasteiger partial charge in [-0.15, -0.1) is 0 Å². The Bertz CT molecular complexity index is 2320. The second kappa shape index (κ2) is 8.85. The molecule has 1 aliphatic rings. The van der Waals surface area contributed by atoms with Gasteiger partial charge in [0.15, 0.2) is 11.5 Å². The first-order valence-corrected chi connectivity index (χ1v) is 14.0. The molecular weight excluding hydrogens is 516 g/mol. The Morgan fingerprint density at radius 2 is 1.33 bits per heavy atom. The molecule has 5 heteroatoms. The summed E-state index contributed by atoms with van der Waals surface area (Å²) >= 11 is 0. The summed E-state index contributed by atoms with van der Waals surface area (Å²) in [7, 11) is 0. The van der Waals surface area contributed by atoms with Gasteiger partial charge in [-0.1, -0.05) is 97.1 Å². The second-order valence-corrected chi connectivity index (χ2v) is 10.5. The molecule has 0 unspecified atom stereocenters. The van der Waals surface area contributed by atoms with Crippen LogP contribution in [0.15, 0.2) is 134 Å². The van der Waals surface area contributed by atoms with Crippen molar-refractivity contribution in [3.8, 4) is 51.0 Å². The van der Waals surface area contributed by atoms with E-state index in [-0.39, 0.29) is 0 Å². The SMILES string of the molecule is c1ccc(-c2nc3cccc4c3n2-c2cccc(-c3ccc(-c5ccc6ccc7cccnc7c6n5)cc3)c2O4)cc1. The molecule has 0 radical (unpaired) electrons. The van der Waals surface area contributed by atoms with Crippen LogP contribution >= 0.6 is 0 Å². The van der Waals surface area contributed by atoms with Gasteiger partial charge in [-0.05, 0) is 35.9 Å². The van der Waals surface area contributed by atoms with E-state index in [4.69, 9.17) is 14.7 Å². The van der Waals surface area contributed by atoms with E-state index in [0.717, 1.165) is 83.8 Å². The number of rotatable bonds is 3. The van der Waals surface area contributed by atoms with Crippen LogP contribution < -0.4 is 4.74 Å². The Morgan fingerprint density at radius 1 is 0.548 bits per heavy atom. The molecule has 196 valence electrons. The Hall–Kier alpha value is -5.81. The van der Waals surface area contributed by atoms with Gasteiger partial charge in [-0.2, -0.15) is 0 Å². The van der Waals surface area contributed by atoms with E-state index >= 15 is 0 Å². The molecule has 0 aliphatic carbocycles. The number of imidazole rings is 1. The number of benzene rings is 5. The highest BCUT2D eigenvalue weighted by molar-refractivity contribution is 6.03. The Balaban J connectivity index is 1.16. The van der Waals surface area contributed by atoms with Gasteiger partial charge < -0.3 is 4.74 Å². The van der Waals surface area contributed by atoms with Gasteiger partial charge in [-0.25, -0.2) is 9.97 Å². The van der Waals surface area contributed by atoms with Crippen LogP contribution in [0.1, 0.15) is 0 Å². The predicted molar refractivity (Wildman–Crippen MR) is 168 cm³/mol. The predicted octanol–water partition coefficient (Wildman–Crippen LogP) is 9.23. The van der Waals surface area contributed by atoms with Crippen LogP contribution in [0, 0.1) is 0 Å². The van der Waals surface area contributed by atoms with E-state index < -0.39 is 0 Å². The van der Waals surface area contributed by atoms with E-state index in [1.54, 1.807) is 0 Å². The maximum absolute atomic E-state index is 6.61. The van der Waals surface area contributed by atoms with Crippen LogP contribution in [0.25, 0.3) is 72.3 Å². The van der Waals surface area contributed by atoms with E-state index in [1.807, 2.05) is 48.7 Å². The third-order valence-corrected chi connectivity index (χ3v) is 8.04. The highest BCUT2D eigenvalue weighted by atomic mass is 16.5. The van der Waals surface area contributed by atoms with E-state index in [0.29, 0.717) is 0 Å². The molecule has 1 aliphatic heterocycles. The summed E-state index contributed by atoms with van der Waals surface area (Å²) in [6.45, 7) is 0. The van der Waals surface area contributed by atoms with Crippen LogP contribution in [-0.2, 0) is 0 Å². The summed E-state index contributed by atoms with van der Waals surface area (Å²) in [4.78, 5) is 14.6.